The molecule has 0 unspecified atom stereocenters. The Labute approximate surface area is 104 Å². The van der Waals surface area contributed by atoms with Crippen LogP contribution in [0.2, 0.25) is 0 Å². The Bertz CT molecular complexity index is 519. The molecule has 1 saturated carbocycles. The Hall–Kier alpha value is -1.62. The summed E-state index contributed by atoms with van der Waals surface area (Å²) in [5.41, 5.74) is 7.78. The fourth-order valence-corrected chi connectivity index (χ4v) is 2.32. The van der Waals surface area contributed by atoms with Gasteiger partial charge in [0.2, 0.25) is 5.13 Å². The zero-order valence-corrected chi connectivity index (χ0v) is 10.2. The summed E-state index contributed by atoms with van der Waals surface area (Å²) in [7, 11) is 0. The molecule has 1 fully saturated rings. The number of nitrogens with one attached hydrogen (secondary N) is 1. The molecule has 0 atom stereocenters. The Kier molecular flexibility index (Phi) is 2.68. The van der Waals surface area contributed by atoms with Crippen molar-refractivity contribution in [3.05, 3.63) is 35.7 Å². The van der Waals surface area contributed by atoms with E-state index in [4.69, 9.17) is 5.73 Å². The molecule has 0 aliphatic heterocycles. The molecule has 1 aromatic heterocycles. The highest BCUT2D eigenvalue weighted by atomic mass is 32.1. The second-order valence-electron chi connectivity index (χ2n) is 4.28. The Morgan fingerprint density at radius 2 is 2.18 bits per heavy atom. The molecule has 5 heteroatoms. The molecule has 1 aliphatic rings. The first-order valence-electron chi connectivity index (χ1n) is 5.74. The van der Waals surface area contributed by atoms with Crippen LogP contribution < -0.4 is 11.1 Å². The fourth-order valence-electron chi connectivity index (χ4n) is 1.68. The molecule has 3 rings (SSSR count). The number of aromatic nitrogens is 2. The van der Waals surface area contributed by atoms with Gasteiger partial charge >= 0.3 is 0 Å². The Balaban J connectivity index is 1.65. The standard InChI is InChI=1S/C12H14N4S/c13-10-4-2-1-3-9(10)7-14-12-15-11(16-17-12)8-5-6-8/h1-4,8H,5-7,13H2,(H,14,15,16). The third kappa shape index (κ3) is 2.39. The van der Waals surface area contributed by atoms with Crippen molar-refractivity contribution in [2.24, 2.45) is 0 Å². The van der Waals surface area contributed by atoms with Gasteiger partial charge in [-0.1, -0.05) is 18.2 Å². The molecule has 3 N–H and O–H groups in total. The zero-order valence-electron chi connectivity index (χ0n) is 9.39. The van der Waals surface area contributed by atoms with Crippen molar-refractivity contribution in [3.8, 4) is 0 Å². The molecule has 4 nitrogen and oxygen atoms in total. The lowest BCUT2D eigenvalue weighted by Gasteiger charge is -2.05. The van der Waals surface area contributed by atoms with Crippen molar-refractivity contribution in [2.45, 2.75) is 25.3 Å². The summed E-state index contributed by atoms with van der Waals surface area (Å²) in [6.07, 6.45) is 2.48. The lowest BCUT2D eigenvalue weighted by atomic mass is 10.2. The van der Waals surface area contributed by atoms with E-state index >= 15 is 0 Å². The van der Waals surface area contributed by atoms with Gasteiger partial charge in [0.25, 0.3) is 0 Å². The number of rotatable bonds is 4. The first-order chi connectivity index (χ1) is 8.33. The van der Waals surface area contributed by atoms with Crippen molar-refractivity contribution >= 4 is 22.4 Å². The highest BCUT2D eigenvalue weighted by Crippen LogP contribution is 2.39. The number of nitrogens with two attached hydrogens (primary N) is 1. The van der Waals surface area contributed by atoms with Crippen molar-refractivity contribution in [2.75, 3.05) is 11.1 Å². The molecule has 0 saturated heterocycles. The molecule has 88 valence electrons. The van der Waals surface area contributed by atoms with Gasteiger partial charge in [-0.2, -0.15) is 4.37 Å². The highest BCUT2D eigenvalue weighted by molar-refractivity contribution is 7.09. The van der Waals surface area contributed by atoms with Crippen molar-refractivity contribution in [1.29, 1.82) is 0 Å². The molecule has 1 aliphatic carbocycles. The number of para-hydroxylation sites is 1. The third-order valence-electron chi connectivity index (χ3n) is 2.87. The van der Waals surface area contributed by atoms with Crippen LogP contribution in [0.1, 0.15) is 30.1 Å². The molecule has 0 radical (unpaired) electrons. The van der Waals surface area contributed by atoms with Crippen LogP contribution in [0.3, 0.4) is 0 Å². The van der Waals surface area contributed by atoms with Crippen LogP contribution in [0.15, 0.2) is 24.3 Å². The quantitative estimate of drug-likeness (QED) is 0.814. The number of nitrogens with zero attached hydrogens (tertiary/aromatic N) is 2. The van der Waals surface area contributed by atoms with Gasteiger partial charge in [0.05, 0.1) is 0 Å². The van der Waals surface area contributed by atoms with Crippen LogP contribution in [-0.4, -0.2) is 9.36 Å². The number of hydrogen-bond donors (Lipinski definition) is 2. The summed E-state index contributed by atoms with van der Waals surface area (Å²) in [5.74, 6) is 1.61. The highest BCUT2D eigenvalue weighted by Gasteiger charge is 2.27. The van der Waals surface area contributed by atoms with Gasteiger partial charge in [0, 0.05) is 29.7 Å². The van der Waals surface area contributed by atoms with E-state index in [0.29, 0.717) is 12.5 Å². The zero-order chi connectivity index (χ0) is 11.7. The molecule has 0 bridgehead atoms. The van der Waals surface area contributed by atoms with E-state index in [9.17, 15) is 0 Å². The minimum atomic E-state index is 0.614. The molecule has 2 aromatic rings. The Morgan fingerprint density at radius 3 is 2.94 bits per heavy atom. The maximum Gasteiger partial charge on any atom is 0.202 e. The predicted molar refractivity (Wildman–Crippen MR) is 70.1 cm³/mol. The molecule has 17 heavy (non-hydrogen) atoms. The number of nitrogen functional groups attached to an aromatic ring is 1. The lowest BCUT2D eigenvalue weighted by molar-refractivity contribution is 0.980. The van der Waals surface area contributed by atoms with Crippen molar-refractivity contribution in [3.63, 3.8) is 0 Å². The van der Waals surface area contributed by atoms with E-state index in [0.717, 1.165) is 22.2 Å². The molecule has 0 spiro atoms. The number of anilines is 2. The van der Waals surface area contributed by atoms with Crippen molar-refractivity contribution in [1.82, 2.24) is 9.36 Å². The van der Waals surface area contributed by atoms with E-state index in [-0.39, 0.29) is 0 Å². The summed E-state index contributed by atoms with van der Waals surface area (Å²) >= 11 is 1.43. The normalized spacial score (nSPS) is 14.8. The topological polar surface area (TPSA) is 63.8 Å². The summed E-state index contributed by atoms with van der Waals surface area (Å²) in [5, 5.41) is 4.15. The first kappa shape index (κ1) is 10.5. The van der Waals surface area contributed by atoms with Gasteiger partial charge in [-0.25, -0.2) is 4.98 Å². The van der Waals surface area contributed by atoms with Gasteiger partial charge in [0.1, 0.15) is 5.82 Å². The summed E-state index contributed by atoms with van der Waals surface area (Å²) in [6, 6.07) is 7.86. The molecular weight excluding hydrogens is 232 g/mol. The van der Waals surface area contributed by atoms with E-state index in [2.05, 4.69) is 14.7 Å². The van der Waals surface area contributed by atoms with Gasteiger partial charge in [-0.3, -0.25) is 0 Å². The van der Waals surface area contributed by atoms with Crippen LogP contribution in [0.25, 0.3) is 0 Å². The fraction of sp³-hybridized carbons (Fsp3) is 0.333. The van der Waals surface area contributed by atoms with E-state index in [1.807, 2.05) is 24.3 Å². The molecular formula is C12H14N4S. The number of hydrogen-bond acceptors (Lipinski definition) is 5. The van der Waals surface area contributed by atoms with Gasteiger partial charge in [-0.05, 0) is 24.5 Å². The summed E-state index contributed by atoms with van der Waals surface area (Å²) in [4.78, 5) is 4.47. The van der Waals surface area contributed by atoms with E-state index < -0.39 is 0 Å². The smallest absolute Gasteiger partial charge is 0.202 e. The largest absolute Gasteiger partial charge is 0.398 e. The average molecular weight is 246 g/mol. The number of benzene rings is 1. The third-order valence-corrected chi connectivity index (χ3v) is 3.56. The van der Waals surface area contributed by atoms with Crippen molar-refractivity contribution < 1.29 is 0 Å². The Morgan fingerprint density at radius 1 is 1.35 bits per heavy atom. The summed E-state index contributed by atoms with van der Waals surface area (Å²) < 4.78 is 4.35. The maximum atomic E-state index is 5.88. The van der Waals surface area contributed by atoms with Crippen LogP contribution in [0.5, 0.6) is 0 Å². The minimum Gasteiger partial charge on any atom is -0.398 e. The molecule has 1 aromatic carbocycles. The first-order valence-corrected chi connectivity index (χ1v) is 6.51. The van der Waals surface area contributed by atoms with Gasteiger partial charge in [0.15, 0.2) is 0 Å². The van der Waals surface area contributed by atoms with Crippen LogP contribution in [0.4, 0.5) is 10.8 Å². The maximum absolute atomic E-state index is 5.88. The van der Waals surface area contributed by atoms with Gasteiger partial charge < -0.3 is 11.1 Å². The predicted octanol–water partition coefficient (Wildman–Crippen LogP) is 2.61. The average Bonchev–Trinajstić information content (AvgIpc) is 3.08. The molecule has 0 amide bonds. The second-order valence-corrected chi connectivity index (χ2v) is 5.04. The lowest BCUT2D eigenvalue weighted by Crippen LogP contribution is -2.02. The van der Waals surface area contributed by atoms with Gasteiger partial charge in [-0.15, -0.1) is 0 Å². The van der Waals surface area contributed by atoms with Crippen LogP contribution in [-0.2, 0) is 6.54 Å². The van der Waals surface area contributed by atoms with Crippen LogP contribution >= 0.6 is 11.5 Å². The van der Waals surface area contributed by atoms with E-state index in [1.54, 1.807) is 0 Å². The minimum absolute atomic E-state index is 0.614. The SMILES string of the molecule is Nc1ccccc1CNc1nc(C2CC2)ns1. The monoisotopic (exact) mass is 246 g/mol. The molecule has 1 heterocycles. The second kappa shape index (κ2) is 4.33. The van der Waals surface area contributed by atoms with E-state index in [1.165, 1.54) is 24.4 Å². The summed E-state index contributed by atoms with van der Waals surface area (Å²) in [6.45, 7) is 0.700. The van der Waals surface area contributed by atoms with Crippen LogP contribution in [0, 0.1) is 0 Å².